The Morgan fingerprint density at radius 3 is 2.10 bits per heavy atom. The third-order valence-electron chi connectivity index (χ3n) is 9.05. The van der Waals surface area contributed by atoms with Crippen LogP contribution in [0.25, 0.3) is 10.9 Å². The number of H-pyrrole nitrogens is 1. The van der Waals surface area contributed by atoms with E-state index < -0.39 is 96.4 Å². The fraction of sp³-hybridized carbons (Fsp3) is 0.531. The lowest BCUT2D eigenvalue weighted by atomic mass is 10.0. The summed E-state index contributed by atoms with van der Waals surface area (Å²) in [5, 5.41) is 37.3. The first kappa shape index (κ1) is 36.6. The Morgan fingerprint density at radius 2 is 1.40 bits per heavy atom. The largest absolute Gasteiger partial charge is 0.394 e. The molecule has 270 valence electrons. The minimum absolute atomic E-state index is 0.0611. The van der Waals surface area contributed by atoms with Crippen LogP contribution in [-0.4, -0.2) is 129 Å². The summed E-state index contributed by atoms with van der Waals surface area (Å²) in [6.07, 6.45) is -1.18. The zero-order valence-electron chi connectivity index (χ0n) is 27.8. The van der Waals surface area contributed by atoms with E-state index in [1.165, 1.54) is 18.7 Å². The molecule has 0 saturated carbocycles. The van der Waals surface area contributed by atoms with Crippen LogP contribution in [0.1, 0.15) is 39.2 Å². The number of carbonyl (C=O) groups is 7. The van der Waals surface area contributed by atoms with Crippen molar-refractivity contribution < 1.29 is 43.8 Å². The average Bonchev–Trinajstić information content (AvgIpc) is 3.65. The number of amides is 7. The molecular weight excluding hydrogens is 672 g/mol. The maximum atomic E-state index is 14.2. The highest BCUT2D eigenvalue weighted by Gasteiger charge is 2.43. The van der Waals surface area contributed by atoms with Gasteiger partial charge < -0.3 is 52.0 Å². The predicted molar refractivity (Wildman–Crippen MR) is 179 cm³/mol. The fourth-order valence-electron chi connectivity index (χ4n) is 6.20. The number of aromatic amines is 1. The Bertz CT molecular complexity index is 1680. The maximum Gasteiger partial charge on any atom is 0.246 e. The molecule has 1 aromatic heterocycles. The second kappa shape index (κ2) is 15.5. The average molecular weight is 715 g/mol. The van der Waals surface area contributed by atoms with E-state index in [2.05, 4.69) is 36.9 Å². The Labute approximate surface area is 291 Å². The monoisotopic (exact) mass is 714 g/mol. The van der Waals surface area contributed by atoms with Crippen LogP contribution in [-0.2, 0) is 40.0 Å². The van der Waals surface area contributed by atoms with Crippen LogP contribution in [0.3, 0.4) is 0 Å². The standard InChI is InChI=1S/C32H42N8O9S/c1-4-19-27(45)38-23-13-50-31-18(17-7-5-6-8-20(17)39-31)10-21(28(46)37-22(12-41)29(47)33-14(2)25(43)35-19)36-26(44)15(3)34-30(48)24-9-16(42)11-40(24)32(23)49/h5-8,14-16,19,21-24,39,41-42H,4,9-13H2,1-3H3,(H,33,47)(H,34,48)(H,35,43)(H,36,44)(H,37,46)(H,38,45)/t14-,15-,16-,19+,21-,22-,23-,24-/m0/s1. The molecule has 7 amide bonds. The van der Waals surface area contributed by atoms with Crippen LogP contribution in [0.5, 0.6) is 0 Å². The molecule has 0 unspecified atom stereocenters. The van der Waals surface area contributed by atoms with Crippen molar-refractivity contribution in [3.8, 4) is 0 Å². The van der Waals surface area contributed by atoms with E-state index >= 15 is 0 Å². The number of benzene rings is 1. The van der Waals surface area contributed by atoms with Gasteiger partial charge >= 0.3 is 0 Å². The third-order valence-corrected chi connectivity index (χ3v) is 10.2. The van der Waals surface area contributed by atoms with Gasteiger partial charge in [-0.2, -0.15) is 0 Å². The van der Waals surface area contributed by atoms with E-state index in [9.17, 15) is 43.8 Å². The van der Waals surface area contributed by atoms with Crippen molar-refractivity contribution in [1.29, 1.82) is 0 Å². The number of aliphatic hydroxyl groups excluding tert-OH is 2. The van der Waals surface area contributed by atoms with Gasteiger partial charge in [0.2, 0.25) is 41.4 Å². The summed E-state index contributed by atoms with van der Waals surface area (Å²) in [5.41, 5.74) is 1.27. The van der Waals surface area contributed by atoms with E-state index in [1.54, 1.807) is 19.1 Å². The van der Waals surface area contributed by atoms with Crippen molar-refractivity contribution in [3.05, 3.63) is 29.8 Å². The summed E-state index contributed by atoms with van der Waals surface area (Å²) in [7, 11) is 0. The molecule has 0 aliphatic carbocycles. The summed E-state index contributed by atoms with van der Waals surface area (Å²) in [5.74, 6) is -5.35. The number of rotatable bonds is 2. The highest BCUT2D eigenvalue weighted by Crippen LogP contribution is 2.32. The molecule has 8 atom stereocenters. The van der Waals surface area contributed by atoms with Crippen molar-refractivity contribution in [2.75, 3.05) is 18.9 Å². The molecule has 1 saturated heterocycles. The number of para-hydroxylation sites is 1. The van der Waals surface area contributed by atoms with Gasteiger partial charge in [-0.15, -0.1) is 11.8 Å². The van der Waals surface area contributed by atoms with E-state index in [1.807, 2.05) is 12.1 Å². The van der Waals surface area contributed by atoms with Gasteiger partial charge in [0.25, 0.3) is 0 Å². The van der Waals surface area contributed by atoms with Gasteiger partial charge in [0, 0.05) is 36.0 Å². The van der Waals surface area contributed by atoms with Crippen LogP contribution in [0.15, 0.2) is 29.3 Å². The molecule has 3 aliphatic heterocycles. The maximum absolute atomic E-state index is 14.2. The van der Waals surface area contributed by atoms with Crippen molar-refractivity contribution in [2.45, 2.75) is 93.5 Å². The molecule has 17 nitrogen and oxygen atoms in total. The van der Waals surface area contributed by atoms with E-state index in [4.69, 9.17) is 0 Å². The lowest BCUT2D eigenvalue weighted by molar-refractivity contribution is -0.142. The molecule has 0 spiro atoms. The fourth-order valence-corrected chi connectivity index (χ4v) is 7.31. The van der Waals surface area contributed by atoms with Crippen LogP contribution in [0.4, 0.5) is 0 Å². The normalized spacial score (nSPS) is 30.7. The second-order valence-corrected chi connectivity index (χ2v) is 13.7. The van der Waals surface area contributed by atoms with E-state index in [-0.39, 0.29) is 31.6 Å². The third kappa shape index (κ3) is 7.87. The van der Waals surface area contributed by atoms with Crippen LogP contribution in [0, 0.1) is 0 Å². The molecule has 2 bridgehead atoms. The molecule has 4 heterocycles. The zero-order chi connectivity index (χ0) is 36.3. The van der Waals surface area contributed by atoms with Crippen molar-refractivity contribution >= 4 is 64.0 Å². The minimum Gasteiger partial charge on any atom is -0.394 e. The van der Waals surface area contributed by atoms with Crippen LogP contribution < -0.4 is 31.9 Å². The topological polar surface area (TPSA) is 251 Å². The molecule has 5 rings (SSSR count). The van der Waals surface area contributed by atoms with Gasteiger partial charge in [-0.3, -0.25) is 33.6 Å². The van der Waals surface area contributed by atoms with Crippen molar-refractivity contribution in [1.82, 2.24) is 41.8 Å². The minimum atomic E-state index is -1.52. The Hall–Kier alpha value is -4.68. The van der Waals surface area contributed by atoms with Crippen molar-refractivity contribution in [3.63, 3.8) is 0 Å². The smallest absolute Gasteiger partial charge is 0.246 e. The molecule has 18 heteroatoms. The molecule has 1 aromatic carbocycles. The highest BCUT2D eigenvalue weighted by atomic mass is 32.2. The van der Waals surface area contributed by atoms with Gasteiger partial charge in [-0.25, -0.2) is 0 Å². The van der Waals surface area contributed by atoms with E-state index in [0.717, 1.165) is 11.8 Å². The van der Waals surface area contributed by atoms with Gasteiger partial charge in [-0.1, -0.05) is 25.1 Å². The summed E-state index contributed by atoms with van der Waals surface area (Å²) in [6.45, 7) is 3.35. The Balaban J connectivity index is 1.66. The van der Waals surface area contributed by atoms with Gasteiger partial charge in [0.1, 0.15) is 42.3 Å². The number of carbonyl (C=O) groups excluding carboxylic acids is 7. The van der Waals surface area contributed by atoms with Crippen molar-refractivity contribution in [2.24, 2.45) is 0 Å². The van der Waals surface area contributed by atoms with Crippen LogP contribution >= 0.6 is 11.8 Å². The van der Waals surface area contributed by atoms with E-state index in [0.29, 0.717) is 21.5 Å². The molecular formula is C32H42N8O9S. The predicted octanol–water partition coefficient (Wildman–Crippen LogP) is -2.86. The first-order chi connectivity index (χ1) is 23.8. The zero-order valence-corrected chi connectivity index (χ0v) is 28.6. The highest BCUT2D eigenvalue weighted by molar-refractivity contribution is 7.99. The lowest BCUT2D eigenvalue weighted by Crippen LogP contribution is -2.60. The Morgan fingerprint density at radius 1 is 0.780 bits per heavy atom. The molecule has 0 radical (unpaired) electrons. The van der Waals surface area contributed by atoms with Gasteiger partial charge in [0.05, 0.1) is 17.7 Å². The first-order valence-corrected chi connectivity index (χ1v) is 17.4. The second-order valence-electron chi connectivity index (χ2n) is 12.7. The number of aliphatic hydroxyl groups is 2. The molecule has 1 fully saturated rings. The number of fused-ring (bicyclic) bond motifs is 5. The van der Waals surface area contributed by atoms with Crippen LogP contribution in [0.2, 0.25) is 0 Å². The van der Waals surface area contributed by atoms with Gasteiger partial charge in [0.15, 0.2) is 0 Å². The summed E-state index contributed by atoms with van der Waals surface area (Å²) < 4.78 is 0. The number of hydrogen-bond acceptors (Lipinski definition) is 10. The quantitative estimate of drug-likeness (QED) is 0.154. The van der Waals surface area contributed by atoms with Gasteiger partial charge in [-0.05, 0) is 31.9 Å². The number of hydrogen-bond donors (Lipinski definition) is 9. The Kier molecular flexibility index (Phi) is 11.3. The number of thioether (sulfide) groups is 1. The molecule has 9 N–H and O–H groups in total. The first-order valence-electron chi connectivity index (χ1n) is 16.4. The lowest BCUT2D eigenvalue weighted by Gasteiger charge is -2.30. The number of aromatic nitrogens is 1. The number of nitrogens with one attached hydrogen (secondary N) is 7. The molecule has 50 heavy (non-hydrogen) atoms. The molecule has 3 aliphatic rings. The molecule has 2 aromatic rings. The summed E-state index contributed by atoms with van der Waals surface area (Å²) in [6, 6.07) is -1.61. The summed E-state index contributed by atoms with van der Waals surface area (Å²) >= 11 is 1.16. The SMILES string of the molecule is CC[C@H]1NC(=O)[C@H](C)NC(=O)[C@H](CO)NC(=O)[C@@H]2Cc3c([nH]c4ccccc34)SC[C@H](NC1=O)C(=O)N1C[C@@H](O)C[C@H]1C(=O)N[C@@H](C)C(=O)N2. The summed E-state index contributed by atoms with van der Waals surface area (Å²) in [4.78, 5) is 99.4. The number of nitrogens with zero attached hydrogens (tertiary/aromatic N) is 1.